The largest absolute Gasteiger partial charge is 0.388 e. The van der Waals surface area contributed by atoms with Gasteiger partial charge in [0.15, 0.2) is 0 Å². The lowest BCUT2D eigenvalue weighted by molar-refractivity contribution is 0.245. The zero-order valence-electron chi connectivity index (χ0n) is 5.88. The van der Waals surface area contributed by atoms with E-state index >= 15 is 0 Å². The van der Waals surface area contributed by atoms with Crippen molar-refractivity contribution in [3.8, 4) is 0 Å². The maximum atomic E-state index is 3.24. The lowest BCUT2D eigenvalue weighted by Gasteiger charge is -2.37. The van der Waals surface area contributed by atoms with Gasteiger partial charge in [-0.3, -0.25) is 0 Å². The molecule has 0 aliphatic carbocycles. The van der Waals surface area contributed by atoms with Crippen LogP contribution in [-0.4, -0.2) is 30.6 Å². The minimum absolute atomic E-state index is 0.554. The predicted octanol–water partition coefficient (Wildman–Crippen LogP) is -0.504. The van der Waals surface area contributed by atoms with Crippen molar-refractivity contribution in [2.24, 2.45) is 0 Å². The lowest BCUT2D eigenvalue weighted by Crippen LogP contribution is -2.51. The third-order valence-corrected chi connectivity index (χ3v) is 1.96. The highest BCUT2D eigenvalue weighted by molar-refractivity contribution is 5.00. The van der Waals surface area contributed by atoms with E-state index in [1.165, 1.54) is 0 Å². The molecule has 1 fully saturated rings. The number of fused-ring (bicyclic) bond motifs is 1. The Hall–Kier alpha value is -0.700. The molecule has 0 spiro atoms. The van der Waals surface area contributed by atoms with Crippen LogP contribution in [0.5, 0.6) is 0 Å². The first kappa shape index (κ1) is 6.04. The summed E-state index contributed by atoms with van der Waals surface area (Å²) in [5.41, 5.74) is 0. The zero-order valence-corrected chi connectivity index (χ0v) is 5.88. The lowest BCUT2D eigenvalue weighted by atomic mass is 10.2. The quantitative estimate of drug-likeness (QED) is 0.472. The van der Waals surface area contributed by atoms with Crippen molar-refractivity contribution < 1.29 is 0 Å². The number of piperazine rings is 1. The topological polar surface area (TPSA) is 27.3 Å². The highest BCUT2D eigenvalue weighted by Crippen LogP contribution is 2.08. The van der Waals surface area contributed by atoms with Crippen LogP contribution in [0.25, 0.3) is 0 Å². The molecular weight excluding hydrogens is 126 g/mol. The normalized spacial score (nSPS) is 31.2. The van der Waals surface area contributed by atoms with Gasteiger partial charge in [0.1, 0.15) is 0 Å². The monoisotopic (exact) mass is 138 g/mol. The standard InChI is InChI=1S/C7H12N3/c1-3-10-4-2-9-6-7(10)5-8-1/h1,3,6-9H,2,4-5H2. The average Bonchev–Trinajstić information content (AvgIpc) is 2.05. The van der Waals surface area contributed by atoms with Crippen molar-refractivity contribution in [1.29, 1.82) is 0 Å². The maximum Gasteiger partial charge on any atom is 0.0627 e. The summed E-state index contributed by atoms with van der Waals surface area (Å²) >= 11 is 0. The van der Waals surface area contributed by atoms with E-state index in [2.05, 4.69) is 28.3 Å². The van der Waals surface area contributed by atoms with Crippen LogP contribution in [-0.2, 0) is 0 Å². The molecule has 10 heavy (non-hydrogen) atoms. The van der Waals surface area contributed by atoms with Crippen LogP contribution >= 0.6 is 0 Å². The number of hydrogen-bond donors (Lipinski definition) is 2. The van der Waals surface area contributed by atoms with Gasteiger partial charge in [-0.15, -0.1) is 0 Å². The summed E-state index contributed by atoms with van der Waals surface area (Å²) in [6.45, 7) is 5.38. The molecular formula is C7H12N3. The van der Waals surface area contributed by atoms with Crippen molar-refractivity contribution in [3.63, 3.8) is 0 Å². The maximum absolute atomic E-state index is 3.24. The van der Waals surface area contributed by atoms with E-state index in [9.17, 15) is 0 Å². The van der Waals surface area contributed by atoms with Crippen molar-refractivity contribution in [2.45, 2.75) is 6.04 Å². The van der Waals surface area contributed by atoms with Gasteiger partial charge in [-0.1, -0.05) is 0 Å². The average molecular weight is 138 g/mol. The minimum Gasteiger partial charge on any atom is -0.388 e. The Morgan fingerprint density at radius 3 is 3.30 bits per heavy atom. The van der Waals surface area contributed by atoms with Crippen molar-refractivity contribution in [2.75, 3.05) is 19.6 Å². The fourth-order valence-corrected chi connectivity index (χ4v) is 1.37. The second kappa shape index (κ2) is 2.50. The van der Waals surface area contributed by atoms with E-state index in [1.807, 2.05) is 6.20 Å². The first-order valence-electron chi connectivity index (χ1n) is 3.69. The SMILES string of the molecule is [CH]1NCCN2C=CNCC12. The molecule has 2 aliphatic heterocycles. The van der Waals surface area contributed by atoms with E-state index in [-0.39, 0.29) is 0 Å². The smallest absolute Gasteiger partial charge is 0.0627 e. The second-order valence-corrected chi connectivity index (χ2v) is 2.65. The van der Waals surface area contributed by atoms with Gasteiger partial charge in [0.2, 0.25) is 0 Å². The van der Waals surface area contributed by atoms with Gasteiger partial charge < -0.3 is 15.5 Å². The number of rotatable bonds is 0. The summed E-state index contributed by atoms with van der Waals surface area (Å²) in [5.74, 6) is 0. The molecule has 0 aromatic heterocycles. The Balaban J connectivity index is 2.03. The number of nitrogens with zero attached hydrogens (tertiary/aromatic N) is 1. The van der Waals surface area contributed by atoms with Crippen LogP contribution in [0.3, 0.4) is 0 Å². The highest BCUT2D eigenvalue weighted by atomic mass is 15.2. The number of nitrogens with one attached hydrogen (secondary N) is 2. The van der Waals surface area contributed by atoms with Crippen LogP contribution in [0.15, 0.2) is 12.4 Å². The van der Waals surface area contributed by atoms with Gasteiger partial charge in [-0.05, 0) is 0 Å². The Kier molecular flexibility index (Phi) is 1.51. The first-order valence-corrected chi connectivity index (χ1v) is 3.69. The van der Waals surface area contributed by atoms with Crippen molar-refractivity contribution in [3.05, 3.63) is 18.9 Å². The number of hydrogen-bond acceptors (Lipinski definition) is 3. The molecule has 0 saturated carbocycles. The molecule has 2 rings (SSSR count). The molecule has 0 bridgehead atoms. The molecule has 1 atom stereocenters. The van der Waals surface area contributed by atoms with E-state index in [1.54, 1.807) is 0 Å². The summed E-state index contributed by atoms with van der Waals surface area (Å²) in [7, 11) is 0. The third-order valence-electron chi connectivity index (χ3n) is 1.96. The Morgan fingerprint density at radius 2 is 2.40 bits per heavy atom. The summed E-state index contributed by atoms with van der Waals surface area (Å²) in [6, 6.07) is 0.554. The molecule has 2 heterocycles. The summed E-state index contributed by atoms with van der Waals surface area (Å²) in [4.78, 5) is 2.34. The third kappa shape index (κ3) is 0.968. The van der Waals surface area contributed by atoms with Crippen LogP contribution < -0.4 is 10.6 Å². The molecule has 1 saturated heterocycles. The van der Waals surface area contributed by atoms with Crippen LogP contribution in [0.4, 0.5) is 0 Å². The highest BCUT2D eigenvalue weighted by Gasteiger charge is 2.20. The van der Waals surface area contributed by atoms with Crippen molar-refractivity contribution >= 4 is 0 Å². The van der Waals surface area contributed by atoms with Crippen molar-refractivity contribution in [1.82, 2.24) is 15.5 Å². The van der Waals surface area contributed by atoms with Gasteiger partial charge in [-0.25, -0.2) is 0 Å². The first-order chi connectivity index (χ1) is 4.97. The molecule has 3 nitrogen and oxygen atoms in total. The molecule has 0 aromatic carbocycles. The predicted molar refractivity (Wildman–Crippen MR) is 39.9 cm³/mol. The Bertz CT molecular complexity index is 144. The fourth-order valence-electron chi connectivity index (χ4n) is 1.37. The second-order valence-electron chi connectivity index (χ2n) is 2.65. The van der Waals surface area contributed by atoms with Gasteiger partial charge in [-0.2, -0.15) is 0 Å². The molecule has 55 valence electrons. The fraction of sp³-hybridized carbons (Fsp3) is 0.571. The Morgan fingerprint density at radius 1 is 1.40 bits per heavy atom. The van der Waals surface area contributed by atoms with E-state index in [0.717, 1.165) is 19.6 Å². The zero-order chi connectivity index (χ0) is 6.81. The van der Waals surface area contributed by atoms with Crippen LogP contribution in [0.1, 0.15) is 0 Å². The van der Waals surface area contributed by atoms with E-state index in [0.29, 0.717) is 6.04 Å². The molecule has 0 aromatic rings. The summed E-state index contributed by atoms with van der Waals surface area (Å²) in [6.07, 6.45) is 4.13. The van der Waals surface area contributed by atoms with Gasteiger partial charge in [0.25, 0.3) is 0 Å². The van der Waals surface area contributed by atoms with Gasteiger partial charge >= 0.3 is 0 Å². The Labute approximate surface area is 61.1 Å². The molecule has 1 unspecified atom stereocenters. The van der Waals surface area contributed by atoms with Gasteiger partial charge in [0, 0.05) is 38.6 Å². The molecule has 0 amide bonds. The molecule has 1 radical (unpaired) electrons. The van der Waals surface area contributed by atoms with Crippen LogP contribution in [0, 0.1) is 6.54 Å². The molecule has 2 N–H and O–H groups in total. The molecule has 3 heteroatoms. The summed E-state index contributed by atoms with van der Waals surface area (Å²) in [5, 5.41) is 6.43. The minimum atomic E-state index is 0.554. The van der Waals surface area contributed by atoms with Gasteiger partial charge in [0.05, 0.1) is 6.04 Å². The van der Waals surface area contributed by atoms with E-state index < -0.39 is 0 Å². The molecule has 2 aliphatic rings. The van der Waals surface area contributed by atoms with E-state index in [4.69, 9.17) is 0 Å². The van der Waals surface area contributed by atoms with Crippen LogP contribution in [0.2, 0.25) is 0 Å². The summed E-state index contributed by atoms with van der Waals surface area (Å²) < 4.78 is 0.